The Morgan fingerprint density at radius 1 is 1.42 bits per heavy atom. The van der Waals surface area contributed by atoms with Crippen LogP contribution in [0.25, 0.3) is 0 Å². The van der Waals surface area contributed by atoms with Gasteiger partial charge in [0.2, 0.25) is 0 Å². The SMILES string of the molecule is CC(C)c1cccc(F)c1CBr. The predicted octanol–water partition coefficient (Wildman–Crippen LogP) is 3.84. The molecule has 1 aromatic rings. The summed E-state index contributed by atoms with van der Waals surface area (Å²) in [6.07, 6.45) is 0. The Hall–Kier alpha value is -0.370. The fourth-order valence-corrected chi connectivity index (χ4v) is 1.85. The van der Waals surface area contributed by atoms with Crippen LogP contribution in [0.4, 0.5) is 4.39 Å². The molecule has 0 saturated heterocycles. The number of rotatable bonds is 2. The van der Waals surface area contributed by atoms with Gasteiger partial charge in [-0.2, -0.15) is 0 Å². The first kappa shape index (κ1) is 9.72. The lowest BCUT2D eigenvalue weighted by molar-refractivity contribution is 0.611. The van der Waals surface area contributed by atoms with Crippen molar-refractivity contribution in [2.45, 2.75) is 25.1 Å². The maximum Gasteiger partial charge on any atom is 0.127 e. The van der Waals surface area contributed by atoms with E-state index in [1.807, 2.05) is 6.07 Å². The quantitative estimate of drug-likeness (QED) is 0.678. The van der Waals surface area contributed by atoms with Gasteiger partial charge in [-0.15, -0.1) is 0 Å². The van der Waals surface area contributed by atoms with E-state index in [-0.39, 0.29) is 5.82 Å². The molecule has 1 rings (SSSR count). The summed E-state index contributed by atoms with van der Waals surface area (Å²) in [6.45, 7) is 4.14. The van der Waals surface area contributed by atoms with Gasteiger partial charge < -0.3 is 0 Å². The van der Waals surface area contributed by atoms with Crippen LogP contribution < -0.4 is 0 Å². The molecule has 0 nitrogen and oxygen atoms in total. The third-order valence-corrected chi connectivity index (χ3v) is 2.47. The highest BCUT2D eigenvalue weighted by atomic mass is 79.9. The second-order valence-corrected chi connectivity index (χ2v) is 3.66. The largest absolute Gasteiger partial charge is 0.207 e. The molecule has 0 fully saturated rings. The molecule has 12 heavy (non-hydrogen) atoms. The number of benzene rings is 1. The minimum Gasteiger partial charge on any atom is -0.207 e. The Bertz CT molecular complexity index is 269. The third-order valence-electron chi connectivity index (χ3n) is 1.91. The van der Waals surface area contributed by atoms with Crippen LogP contribution in [-0.2, 0) is 5.33 Å². The maximum atomic E-state index is 13.2. The van der Waals surface area contributed by atoms with Gasteiger partial charge in [0.25, 0.3) is 0 Å². The summed E-state index contributed by atoms with van der Waals surface area (Å²) in [6, 6.07) is 5.24. The van der Waals surface area contributed by atoms with Gasteiger partial charge in [0.1, 0.15) is 5.82 Å². The van der Waals surface area contributed by atoms with E-state index in [0.717, 1.165) is 11.1 Å². The first-order chi connectivity index (χ1) is 5.66. The summed E-state index contributed by atoms with van der Waals surface area (Å²) < 4.78 is 13.2. The monoisotopic (exact) mass is 230 g/mol. The lowest BCUT2D eigenvalue weighted by Gasteiger charge is -2.10. The summed E-state index contributed by atoms with van der Waals surface area (Å²) >= 11 is 3.29. The van der Waals surface area contributed by atoms with Gasteiger partial charge in [0, 0.05) is 10.9 Å². The number of hydrogen-bond acceptors (Lipinski definition) is 0. The molecule has 66 valence electrons. The molecule has 1 aromatic carbocycles. The number of halogens is 2. The van der Waals surface area contributed by atoms with Gasteiger partial charge >= 0.3 is 0 Å². The van der Waals surface area contributed by atoms with Crippen LogP contribution in [0, 0.1) is 5.82 Å². The average molecular weight is 231 g/mol. The van der Waals surface area contributed by atoms with E-state index in [4.69, 9.17) is 0 Å². The van der Waals surface area contributed by atoms with E-state index in [1.165, 1.54) is 6.07 Å². The summed E-state index contributed by atoms with van der Waals surface area (Å²) in [5.74, 6) is 0.270. The maximum absolute atomic E-state index is 13.2. The molecule has 0 aliphatic heterocycles. The molecule has 0 aliphatic rings. The normalized spacial score (nSPS) is 10.8. The molecule has 0 aromatic heterocycles. The van der Waals surface area contributed by atoms with Crippen LogP contribution in [-0.4, -0.2) is 0 Å². The first-order valence-electron chi connectivity index (χ1n) is 4.00. The van der Waals surface area contributed by atoms with Crippen molar-refractivity contribution in [2.24, 2.45) is 0 Å². The molecule has 0 spiro atoms. The average Bonchev–Trinajstić information content (AvgIpc) is 2.03. The molecule has 2 heteroatoms. The smallest absolute Gasteiger partial charge is 0.127 e. The molecular weight excluding hydrogens is 219 g/mol. The standard InChI is InChI=1S/C10H12BrF/c1-7(2)8-4-3-5-10(12)9(8)6-11/h3-5,7H,6H2,1-2H3. The minimum atomic E-state index is -0.113. The van der Waals surface area contributed by atoms with Crippen LogP contribution in [0.5, 0.6) is 0 Å². The zero-order valence-electron chi connectivity index (χ0n) is 7.27. The minimum absolute atomic E-state index is 0.113. The first-order valence-corrected chi connectivity index (χ1v) is 5.12. The molecule has 0 heterocycles. The lowest BCUT2D eigenvalue weighted by atomic mass is 9.98. The zero-order valence-corrected chi connectivity index (χ0v) is 8.86. The van der Waals surface area contributed by atoms with Gasteiger partial charge in [-0.1, -0.05) is 41.9 Å². The summed E-state index contributed by atoms with van der Waals surface area (Å²) in [4.78, 5) is 0. The fourth-order valence-electron chi connectivity index (χ4n) is 1.26. The second kappa shape index (κ2) is 4.04. The third kappa shape index (κ3) is 1.86. The van der Waals surface area contributed by atoms with E-state index in [9.17, 15) is 4.39 Å². The summed E-state index contributed by atoms with van der Waals surface area (Å²) in [5.41, 5.74) is 1.87. The van der Waals surface area contributed by atoms with Crippen LogP contribution in [0.3, 0.4) is 0 Å². The number of alkyl halides is 1. The molecule has 0 amide bonds. The lowest BCUT2D eigenvalue weighted by Crippen LogP contribution is -1.96. The Balaban J connectivity index is 3.18. The van der Waals surface area contributed by atoms with Crippen molar-refractivity contribution < 1.29 is 4.39 Å². The Labute approximate surface area is 80.9 Å². The van der Waals surface area contributed by atoms with Gasteiger partial charge in [-0.3, -0.25) is 0 Å². The second-order valence-electron chi connectivity index (χ2n) is 3.10. The van der Waals surface area contributed by atoms with E-state index in [1.54, 1.807) is 6.07 Å². The van der Waals surface area contributed by atoms with Crippen molar-refractivity contribution in [2.75, 3.05) is 0 Å². The highest BCUT2D eigenvalue weighted by Gasteiger charge is 2.08. The van der Waals surface area contributed by atoms with Crippen molar-refractivity contribution in [3.05, 3.63) is 35.1 Å². The fraction of sp³-hybridized carbons (Fsp3) is 0.400. The van der Waals surface area contributed by atoms with Crippen molar-refractivity contribution in [3.8, 4) is 0 Å². The van der Waals surface area contributed by atoms with Crippen LogP contribution in [0.2, 0.25) is 0 Å². The molecule has 0 bridgehead atoms. The van der Waals surface area contributed by atoms with Crippen molar-refractivity contribution in [1.82, 2.24) is 0 Å². The molecule has 0 N–H and O–H groups in total. The summed E-state index contributed by atoms with van der Waals surface area (Å²) in [7, 11) is 0. The molecule has 0 radical (unpaired) electrons. The topological polar surface area (TPSA) is 0 Å². The summed E-state index contributed by atoms with van der Waals surface area (Å²) in [5, 5.41) is 0.590. The highest BCUT2D eigenvalue weighted by molar-refractivity contribution is 9.08. The van der Waals surface area contributed by atoms with Crippen LogP contribution in [0.1, 0.15) is 30.9 Å². The zero-order chi connectivity index (χ0) is 9.14. The van der Waals surface area contributed by atoms with Gasteiger partial charge in [0.05, 0.1) is 0 Å². The van der Waals surface area contributed by atoms with Gasteiger partial charge in [-0.05, 0) is 17.5 Å². The van der Waals surface area contributed by atoms with Gasteiger partial charge in [0.15, 0.2) is 0 Å². The molecular formula is C10H12BrF. The van der Waals surface area contributed by atoms with Crippen molar-refractivity contribution >= 4 is 15.9 Å². The highest BCUT2D eigenvalue weighted by Crippen LogP contribution is 2.23. The van der Waals surface area contributed by atoms with Gasteiger partial charge in [-0.25, -0.2) is 4.39 Å². The molecule has 0 aliphatic carbocycles. The van der Waals surface area contributed by atoms with Crippen LogP contribution >= 0.6 is 15.9 Å². The van der Waals surface area contributed by atoms with E-state index >= 15 is 0 Å². The van der Waals surface area contributed by atoms with E-state index < -0.39 is 0 Å². The number of hydrogen-bond donors (Lipinski definition) is 0. The molecule has 0 saturated carbocycles. The van der Waals surface area contributed by atoms with E-state index in [0.29, 0.717) is 11.2 Å². The Kier molecular flexibility index (Phi) is 3.27. The molecule has 0 atom stereocenters. The predicted molar refractivity (Wildman–Crippen MR) is 53.1 cm³/mol. The van der Waals surface area contributed by atoms with Crippen molar-refractivity contribution in [3.63, 3.8) is 0 Å². The Morgan fingerprint density at radius 2 is 2.08 bits per heavy atom. The van der Waals surface area contributed by atoms with E-state index in [2.05, 4.69) is 29.8 Å². The molecule has 0 unspecified atom stereocenters. The Morgan fingerprint density at radius 3 is 2.50 bits per heavy atom. The van der Waals surface area contributed by atoms with Crippen LogP contribution in [0.15, 0.2) is 18.2 Å². The van der Waals surface area contributed by atoms with Crippen molar-refractivity contribution in [1.29, 1.82) is 0 Å².